The summed E-state index contributed by atoms with van der Waals surface area (Å²) in [6.45, 7) is 1.25. The zero-order chi connectivity index (χ0) is 15.1. The maximum absolute atomic E-state index is 13.4. The van der Waals surface area contributed by atoms with Crippen LogP contribution < -0.4 is 0 Å². The Balaban J connectivity index is 1.61. The third-order valence-electron chi connectivity index (χ3n) is 5.44. The number of amides is 1. The average Bonchev–Trinajstić information content (AvgIpc) is 2.76. The van der Waals surface area contributed by atoms with Crippen molar-refractivity contribution in [2.24, 2.45) is 17.8 Å². The van der Waals surface area contributed by atoms with Crippen LogP contribution in [0, 0.1) is 17.8 Å². The number of hydrogen-bond donors (Lipinski definition) is 2. The fraction of sp³-hybridized carbons (Fsp3) is 0.933. The minimum Gasteiger partial charge on any atom is -0.390 e. The molecule has 0 radical (unpaired) electrons. The molecule has 7 atom stereocenters. The van der Waals surface area contributed by atoms with Crippen LogP contribution in [-0.2, 0) is 4.79 Å². The van der Waals surface area contributed by atoms with Gasteiger partial charge in [-0.1, -0.05) is 0 Å². The topological polar surface area (TPSA) is 60.8 Å². The van der Waals surface area contributed by atoms with Crippen molar-refractivity contribution >= 4 is 17.5 Å². The van der Waals surface area contributed by atoms with Crippen molar-refractivity contribution < 1.29 is 19.4 Å². The summed E-state index contributed by atoms with van der Waals surface area (Å²) in [7, 11) is 0. The molecular formula is C15H23ClFNO3. The number of fused-ring (bicyclic) bond motifs is 1. The van der Waals surface area contributed by atoms with Crippen LogP contribution in [0.2, 0.25) is 0 Å². The number of likely N-dealkylation sites (tertiary alicyclic amines) is 1. The van der Waals surface area contributed by atoms with Crippen molar-refractivity contribution in [2.45, 2.75) is 55.9 Å². The van der Waals surface area contributed by atoms with Crippen molar-refractivity contribution in [3.8, 4) is 0 Å². The summed E-state index contributed by atoms with van der Waals surface area (Å²) in [6, 6.07) is 0. The third-order valence-corrected chi connectivity index (χ3v) is 5.89. The van der Waals surface area contributed by atoms with Crippen molar-refractivity contribution in [1.82, 2.24) is 4.90 Å². The molecule has 1 amide bonds. The van der Waals surface area contributed by atoms with Crippen LogP contribution in [0.3, 0.4) is 0 Å². The molecule has 4 nitrogen and oxygen atoms in total. The summed E-state index contributed by atoms with van der Waals surface area (Å²) in [5.74, 6) is -0.135. The van der Waals surface area contributed by atoms with Gasteiger partial charge in [0.1, 0.15) is 6.17 Å². The number of carbonyl (C=O) groups is 1. The second-order valence-electron chi connectivity index (χ2n) is 6.88. The molecule has 3 fully saturated rings. The first kappa shape index (κ1) is 15.5. The van der Waals surface area contributed by atoms with E-state index in [4.69, 9.17) is 11.6 Å². The average molecular weight is 320 g/mol. The Labute approximate surface area is 129 Å². The lowest BCUT2D eigenvalue weighted by Crippen LogP contribution is -2.44. The third kappa shape index (κ3) is 2.92. The fourth-order valence-corrected chi connectivity index (χ4v) is 4.57. The number of alkyl halides is 2. The normalized spacial score (nSPS) is 47.5. The zero-order valence-electron chi connectivity index (χ0n) is 12.0. The van der Waals surface area contributed by atoms with E-state index in [1.165, 1.54) is 0 Å². The lowest BCUT2D eigenvalue weighted by atomic mass is 9.78. The molecule has 120 valence electrons. The molecule has 0 bridgehead atoms. The highest BCUT2D eigenvalue weighted by Crippen LogP contribution is 2.39. The molecular weight excluding hydrogens is 297 g/mol. The molecule has 0 aromatic carbocycles. The second kappa shape index (κ2) is 6.01. The summed E-state index contributed by atoms with van der Waals surface area (Å²) >= 11 is 6.00. The molecule has 2 saturated carbocycles. The van der Waals surface area contributed by atoms with E-state index >= 15 is 0 Å². The Hall–Kier alpha value is -0.390. The van der Waals surface area contributed by atoms with Crippen LogP contribution in [0.5, 0.6) is 0 Å². The lowest BCUT2D eigenvalue weighted by Gasteiger charge is -2.32. The molecule has 2 aliphatic carbocycles. The molecule has 0 aromatic heterocycles. The lowest BCUT2D eigenvalue weighted by molar-refractivity contribution is -0.140. The monoisotopic (exact) mass is 319 g/mol. The maximum Gasteiger partial charge on any atom is 0.228 e. The van der Waals surface area contributed by atoms with E-state index in [9.17, 15) is 19.4 Å². The Morgan fingerprint density at radius 1 is 1.24 bits per heavy atom. The molecule has 3 aliphatic rings. The van der Waals surface area contributed by atoms with Crippen LogP contribution in [0.15, 0.2) is 0 Å². The highest BCUT2D eigenvalue weighted by atomic mass is 35.5. The zero-order valence-corrected chi connectivity index (χ0v) is 12.8. The van der Waals surface area contributed by atoms with Gasteiger partial charge >= 0.3 is 0 Å². The van der Waals surface area contributed by atoms with E-state index in [-0.39, 0.29) is 17.7 Å². The predicted molar refractivity (Wildman–Crippen MR) is 76.7 cm³/mol. The van der Waals surface area contributed by atoms with Crippen molar-refractivity contribution in [3.63, 3.8) is 0 Å². The van der Waals surface area contributed by atoms with E-state index in [2.05, 4.69) is 0 Å². The maximum atomic E-state index is 13.4. The van der Waals surface area contributed by atoms with Gasteiger partial charge in [0, 0.05) is 13.1 Å². The van der Waals surface area contributed by atoms with Gasteiger partial charge in [-0.15, -0.1) is 11.6 Å². The largest absolute Gasteiger partial charge is 0.390 e. The van der Waals surface area contributed by atoms with Gasteiger partial charge in [-0.05, 0) is 43.9 Å². The van der Waals surface area contributed by atoms with Gasteiger partial charge in [0.25, 0.3) is 0 Å². The quantitative estimate of drug-likeness (QED) is 0.755. The molecule has 7 unspecified atom stereocenters. The molecule has 6 heteroatoms. The summed E-state index contributed by atoms with van der Waals surface area (Å²) in [6.07, 6.45) is 0.502. The van der Waals surface area contributed by atoms with Gasteiger partial charge < -0.3 is 15.1 Å². The van der Waals surface area contributed by atoms with E-state index < -0.39 is 29.7 Å². The summed E-state index contributed by atoms with van der Waals surface area (Å²) in [5, 5.41) is 19.3. The Morgan fingerprint density at radius 3 is 2.71 bits per heavy atom. The minimum atomic E-state index is -0.941. The van der Waals surface area contributed by atoms with Gasteiger partial charge in [0.2, 0.25) is 5.91 Å². The first-order chi connectivity index (χ1) is 9.97. The van der Waals surface area contributed by atoms with Crippen molar-refractivity contribution in [2.75, 3.05) is 13.1 Å². The summed E-state index contributed by atoms with van der Waals surface area (Å²) in [4.78, 5) is 14.3. The van der Waals surface area contributed by atoms with Crippen LogP contribution in [0.4, 0.5) is 4.39 Å². The molecule has 2 N–H and O–H groups in total. The fourth-order valence-electron chi connectivity index (χ4n) is 4.19. The van der Waals surface area contributed by atoms with E-state index in [0.29, 0.717) is 32.4 Å². The van der Waals surface area contributed by atoms with E-state index in [0.717, 1.165) is 12.8 Å². The molecule has 1 saturated heterocycles. The highest BCUT2D eigenvalue weighted by Gasteiger charge is 2.49. The van der Waals surface area contributed by atoms with Gasteiger partial charge in [-0.2, -0.15) is 0 Å². The first-order valence-electron chi connectivity index (χ1n) is 7.90. The number of halogens is 2. The predicted octanol–water partition coefficient (Wildman–Crippen LogP) is 1.32. The molecule has 21 heavy (non-hydrogen) atoms. The van der Waals surface area contributed by atoms with Gasteiger partial charge in [-0.25, -0.2) is 4.39 Å². The number of rotatable bonds is 2. The number of hydrogen-bond acceptors (Lipinski definition) is 3. The highest BCUT2D eigenvalue weighted by molar-refractivity contribution is 6.21. The van der Waals surface area contributed by atoms with E-state index in [1.54, 1.807) is 4.90 Å². The van der Waals surface area contributed by atoms with Crippen LogP contribution in [0.25, 0.3) is 0 Å². The van der Waals surface area contributed by atoms with Gasteiger partial charge in [-0.3, -0.25) is 4.79 Å². The van der Waals surface area contributed by atoms with Gasteiger partial charge in [0.05, 0.1) is 23.5 Å². The first-order valence-corrected chi connectivity index (χ1v) is 8.34. The summed E-state index contributed by atoms with van der Waals surface area (Å²) in [5.41, 5.74) is 0. The van der Waals surface area contributed by atoms with Crippen LogP contribution in [0.1, 0.15) is 32.1 Å². The van der Waals surface area contributed by atoms with E-state index in [1.807, 2.05) is 0 Å². The van der Waals surface area contributed by atoms with Crippen molar-refractivity contribution in [3.05, 3.63) is 0 Å². The van der Waals surface area contributed by atoms with Crippen LogP contribution >= 0.6 is 11.6 Å². The SMILES string of the molecule is O=C1C2C(CCC(O)C2O)CN1CC1CCC(F)C(Cl)C1. The Morgan fingerprint density at radius 2 is 2.00 bits per heavy atom. The molecule has 0 spiro atoms. The number of aliphatic hydroxyl groups is 2. The number of carbonyl (C=O) groups excluding carboxylic acids is 1. The van der Waals surface area contributed by atoms with Gasteiger partial charge in [0.15, 0.2) is 0 Å². The smallest absolute Gasteiger partial charge is 0.228 e. The Bertz CT molecular complexity index is 410. The van der Waals surface area contributed by atoms with Crippen molar-refractivity contribution in [1.29, 1.82) is 0 Å². The standard InChI is InChI=1S/C15H23ClFNO3/c16-10-5-8(1-3-11(10)17)6-18-7-9-2-4-12(19)14(20)13(9)15(18)21/h8-14,19-20H,1-7H2. The molecule has 0 aromatic rings. The number of nitrogens with zero attached hydrogens (tertiary/aromatic N) is 1. The summed E-state index contributed by atoms with van der Waals surface area (Å²) < 4.78 is 13.4. The molecule has 1 aliphatic heterocycles. The number of aliphatic hydroxyl groups excluding tert-OH is 2. The Kier molecular flexibility index (Phi) is 4.44. The molecule has 3 rings (SSSR count). The second-order valence-corrected chi connectivity index (χ2v) is 7.44. The van der Waals surface area contributed by atoms with Crippen LogP contribution in [-0.4, -0.2) is 57.9 Å². The molecule has 1 heterocycles. The minimum absolute atomic E-state index is 0.0558.